The summed E-state index contributed by atoms with van der Waals surface area (Å²) >= 11 is 0. The van der Waals surface area contributed by atoms with Crippen LogP contribution < -0.4 is 0 Å². The van der Waals surface area contributed by atoms with E-state index < -0.39 is 23.7 Å². The van der Waals surface area contributed by atoms with Crippen LogP contribution in [0.2, 0.25) is 19.6 Å². The fourth-order valence-corrected chi connectivity index (χ4v) is 10.6. The summed E-state index contributed by atoms with van der Waals surface area (Å²) in [7, 11) is -7.50. The van der Waals surface area contributed by atoms with Crippen LogP contribution in [-0.2, 0) is 21.0 Å². The van der Waals surface area contributed by atoms with Gasteiger partial charge in [0.2, 0.25) is 5.78 Å². The molecule has 0 aromatic heterocycles. The van der Waals surface area contributed by atoms with Crippen molar-refractivity contribution < 1.29 is 30.9 Å². The second kappa shape index (κ2) is 11.0. The molecular formula is C20H29F3O4S2Si. The van der Waals surface area contributed by atoms with Crippen molar-refractivity contribution in [2.75, 3.05) is 12.0 Å². The number of halogens is 3. The molecule has 1 aromatic carbocycles. The van der Waals surface area contributed by atoms with Gasteiger partial charge in [-0.2, -0.15) is 13.2 Å². The zero-order chi connectivity index (χ0) is 23.2. The fraction of sp³-hybridized carbons (Fsp3) is 0.550. The van der Waals surface area contributed by atoms with Crippen LogP contribution in [0.3, 0.4) is 0 Å². The molecule has 0 N–H and O–H groups in total. The quantitative estimate of drug-likeness (QED) is 0.144. The van der Waals surface area contributed by atoms with Crippen LogP contribution in [0.15, 0.2) is 42.0 Å². The van der Waals surface area contributed by atoms with E-state index in [1.165, 1.54) is 25.7 Å². The van der Waals surface area contributed by atoms with E-state index in [0.717, 1.165) is 11.3 Å². The molecule has 1 aliphatic carbocycles. The molecule has 0 bridgehead atoms. The van der Waals surface area contributed by atoms with Crippen LogP contribution in [0.5, 0.6) is 0 Å². The Bertz CT molecular complexity index is 824. The van der Waals surface area contributed by atoms with Crippen molar-refractivity contribution in [2.45, 2.75) is 55.7 Å². The largest absolute Gasteiger partial charge is 0.741 e. The highest BCUT2D eigenvalue weighted by molar-refractivity contribution is 7.99. The number of ketones is 1. The molecule has 10 heteroatoms. The van der Waals surface area contributed by atoms with Gasteiger partial charge in [-0.3, -0.25) is 4.79 Å². The van der Waals surface area contributed by atoms with Crippen LogP contribution >= 0.6 is 0 Å². The third-order valence-electron chi connectivity index (χ3n) is 4.65. The summed E-state index contributed by atoms with van der Waals surface area (Å²) in [6.45, 7) is 7.01. The van der Waals surface area contributed by atoms with Crippen molar-refractivity contribution in [1.29, 1.82) is 0 Å². The molecule has 1 aromatic rings. The van der Waals surface area contributed by atoms with Gasteiger partial charge in [0, 0.05) is 5.56 Å². The van der Waals surface area contributed by atoms with E-state index in [4.69, 9.17) is 13.0 Å². The highest BCUT2D eigenvalue weighted by Gasteiger charge is 2.44. The Morgan fingerprint density at radius 3 is 2.03 bits per heavy atom. The summed E-state index contributed by atoms with van der Waals surface area (Å²) in [6.07, 6.45) is 10.0. The van der Waals surface area contributed by atoms with Gasteiger partial charge in [-0.1, -0.05) is 55.5 Å². The summed E-state index contributed by atoms with van der Waals surface area (Å²) in [5.41, 5.74) is -3.13. The van der Waals surface area contributed by atoms with Crippen molar-refractivity contribution >= 4 is 34.9 Å². The monoisotopic (exact) mass is 482 g/mol. The Hall–Kier alpha value is -1.10. The molecule has 4 nitrogen and oxygen atoms in total. The molecule has 0 spiro atoms. The van der Waals surface area contributed by atoms with Crippen LogP contribution in [0.1, 0.15) is 36.0 Å². The molecule has 1 saturated carbocycles. The van der Waals surface area contributed by atoms with E-state index >= 15 is 0 Å². The summed E-state index contributed by atoms with van der Waals surface area (Å²) < 4.78 is 58.9. The Morgan fingerprint density at radius 1 is 1.17 bits per heavy atom. The average Bonchev–Trinajstić information content (AvgIpc) is 3.12. The van der Waals surface area contributed by atoms with Crippen LogP contribution in [0, 0.1) is 0 Å². The summed E-state index contributed by atoms with van der Waals surface area (Å²) in [5, 5.41) is 0. The van der Waals surface area contributed by atoms with Gasteiger partial charge in [0.15, 0.2) is 15.0 Å². The van der Waals surface area contributed by atoms with E-state index in [2.05, 4.69) is 32.0 Å². The lowest BCUT2D eigenvalue weighted by molar-refractivity contribution is -0.0517. The maximum absolute atomic E-state index is 13.1. The van der Waals surface area contributed by atoms with Gasteiger partial charge < -0.3 is 4.55 Å². The number of carbonyl (C=O) groups excluding carboxylic acids is 1. The molecule has 0 saturated heterocycles. The van der Waals surface area contributed by atoms with Crippen LogP contribution in [0.4, 0.5) is 13.2 Å². The number of hydrogen-bond acceptors (Lipinski definition) is 4. The molecule has 0 amide bonds. The van der Waals surface area contributed by atoms with Crippen LogP contribution in [0.25, 0.3) is 0 Å². The summed E-state index contributed by atoms with van der Waals surface area (Å²) in [4.78, 5) is 13.3. The second-order valence-corrected chi connectivity index (χ2v) is 17.6. The Kier molecular flexibility index (Phi) is 9.85. The SMILES string of the molecule is C[S+](CC=C1CCCC1)C(C(=O)c1ccccc1)[Si](C)(C)C.O=S(=O)([O-])C(F)(F)F. The zero-order valence-electron chi connectivity index (χ0n) is 17.7. The van der Waals surface area contributed by atoms with Gasteiger partial charge >= 0.3 is 5.51 Å². The number of alkyl halides is 3. The molecular weight excluding hydrogens is 453 g/mol. The molecule has 0 aliphatic heterocycles. The van der Waals surface area contributed by atoms with Gasteiger partial charge in [-0.05, 0) is 42.7 Å². The molecule has 1 aliphatic rings. The Labute approximate surface area is 181 Å². The van der Waals surface area contributed by atoms with Gasteiger partial charge in [-0.25, -0.2) is 8.42 Å². The molecule has 170 valence electrons. The predicted octanol–water partition coefficient (Wildman–Crippen LogP) is 4.92. The highest BCUT2D eigenvalue weighted by Crippen LogP contribution is 2.26. The summed E-state index contributed by atoms with van der Waals surface area (Å²) in [6, 6.07) is 9.88. The molecule has 2 atom stereocenters. The number of allylic oxidation sites excluding steroid dienone is 1. The molecule has 1 fully saturated rings. The first-order valence-corrected chi connectivity index (χ1v) is 16.4. The van der Waals surface area contributed by atoms with Crippen molar-refractivity contribution in [3.8, 4) is 0 Å². The fourth-order valence-electron chi connectivity index (χ4n) is 3.31. The third kappa shape index (κ3) is 8.56. The Morgan fingerprint density at radius 2 is 1.63 bits per heavy atom. The first-order valence-electron chi connectivity index (χ1n) is 9.55. The van der Waals surface area contributed by atoms with Crippen molar-refractivity contribution in [1.82, 2.24) is 0 Å². The van der Waals surface area contributed by atoms with Crippen molar-refractivity contribution in [3.05, 3.63) is 47.5 Å². The minimum Gasteiger partial charge on any atom is -0.741 e. The number of Topliss-reactive ketones (excluding diaryl/α,β-unsaturated/α-hetero) is 1. The minimum atomic E-state index is -6.09. The number of carbonyl (C=O) groups is 1. The van der Waals surface area contributed by atoms with Gasteiger partial charge in [0.05, 0.1) is 6.26 Å². The lowest BCUT2D eigenvalue weighted by atomic mass is 10.1. The predicted molar refractivity (Wildman–Crippen MR) is 118 cm³/mol. The van der Waals surface area contributed by atoms with Gasteiger partial charge in [0.1, 0.15) is 13.8 Å². The normalized spacial score (nSPS) is 17.0. The third-order valence-corrected chi connectivity index (χ3v) is 12.1. The van der Waals surface area contributed by atoms with E-state index in [1.54, 1.807) is 5.57 Å². The second-order valence-electron chi connectivity index (χ2n) is 8.30. The van der Waals surface area contributed by atoms with Crippen molar-refractivity contribution in [3.63, 3.8) is 0 Å². The number of benzene rings is 1. The molecule has 2 rings (SSSR count). The number of rotatable bonds is 6. The zero-order valence-corrected chi connectivity index (χ0v) is 20.3. The topological polar surface area (TPSA) is 74.3 Å². The standard InChI is InChI=1S/C19H29OSSi.CHF3O3S/c1-21(15-14-16-10-8-9-11-16)19(22(2,3)4)18(20)17-12-6-5-7-13-17;2-1(3,4)8(5,6)7/h5-7,12-14,19H,8-11,15H2,1-4H3;(H,5,6,7)/q+1;/p-1. The smallest absolute Gasteiger partial charge is 0.485 e. The lowest BCUT2D eigenvalue weighted by Gasteiger charge is -2.25. The van der Waals surface area contributed by atoms with E-state index in [1.807, 2.05) is 30.3 Å². The number of hydrogen-bond donors (Lipinski definition) is 0. The molecule has 30 heavy (non-hydrogen) atoms. The van der Waals surface area contributed by atoms with E-state index in [9.17, 15) is 18.0 Å². The Balaban J connectivity index is 0.000000479. The minimum absolute atomic E-state index is 0.132. The first kappa shape index (κ1) is 26.9. The highest BCUT2D eigenvalue weighted by atomic mass is 32.2. The molecule has 0 radical (unpaired) electrons. The maximum Gasteiger partial charge on any atom is 0.485 e. The van der Waals surface area contributed by atoms with Gasteiger partial charge in [0.25, 0.3) is 0 Å². The average molecular weight is 483 g/mol. The van der Waals surface area contributed by atoms with Crippen LogP contribution in [-0.4, -0.2) is 49.2 Å². The van der Waals surface area contributed by atoms with Crippen molar-refractivity contribution in [2.24, 2.45) is 0 Å². The summed E-state index contributed by atoms with van der Waals surface area (Å²) in [5.74, 6) is 1.46. The first-order chi connectivity index (χ1) is 13.6. The lowest BCUT2D eigenvalue weighted by Crippen LogP contribution is -2.50. The maximum atomic E-state index is 13.1. The van der Waals surface area contributed by atoms with Gasteiger partial charge in [-0.15, -0.1) is 0 Å². The molecule has 2 unspecified atom stereocenters. The molecule has 0 heterocycles. The van der Waals surface area contributed by atoms with E-state index in [0.29, 0.717) is 5.78 Å². The van der Waals surface area contributed by atoms with E-state index in [-0.39, 0.29) is 15.8 Å².